The predicted octanol–water partition coefficient (Wildman–Crippen LogP) is 1.84. The van der Waals surface area contributed by atoms with E-state index < -0.39 is 0 Å². The molecule has 0 aliphatic rings. The Labute approximate surface area is 110 Å². The Morgan fingerprint density at radius 2 is 1.91 bits per heavy atom. The Morgan fingerprint density at radius 3 is 2.00 bits per heavy atom. The van der Waals surface area contributed by atoms with Gasteiger partial charge in [0, 0.05) is 0 Å². The molecule has 0 spiro atoms. The van der Waals surface area contributed by atoms with E-state index in [1.807, 2.05) is 0 Å². The molecule has 0 aromatic rings. The average Bonchev–Trinajstić information content (AvgIpc) is 1.80. The van der Waals surface area contributed by atoms with Gasteiger partial charge in [0.2, 0.25) is 0 Å². The Morgan fingerprint density at radius 1 is 1.45 bits per heavy atom. The number of hydrogen-bond acceptors (Lipinski definition) is 2. The monoisotopic (exact) mass is 563 g/mol. The second-order valence-electron chi connectivity index (χ2n) is 2.36. The molecule has 0 radical (unpaired) electrons. The van der Waals surface area contributed by atoms with Gasteiger partial charge in [0.05, 0.1) is 0 Å². The van der Waals surface area contributed by atoms with E-state index in [1.54, 1.807) is 0 Å². The number of hydrogen-bond donors (Lipinski definition) is 2. The van der Waals surface area contributed by atoms with Crippen LogP contribution in [0.15, 0.2) is 0 Å². The second-order valence-corrected chi connectivity index (χ2v) is 7.99. The summed E-state index contributed by atoms with van der Waals surface area (Å²) in [5.41, 5.74) is 11.3. The summed E-state index contributed by atoms with van der Waals surface area (Å²) < 4.78 is -0.121. The molecule has 0 aliphatic carbocycles. The van der Waals surface area contributed by atoms with Gasteiger partial charge in [-0.15, -0.1) is 0 Å². The molecule has 5 heteroatoms. The summed E-state index contributed by atoms with van der Waals surface area (Å²) in [4.78, 5) is 0. The molecule has 0 fully saturated rings. The summed E-state index contributed by atoms with van der Waals surface area (Å²) in [5.74, 6) is 0.540. The average molecular weight is 563 g/mol. The number of alkyl halides is 2. The standard InChI is InChI=1S/C6H14I2N2.Pt/c1-2-5(3-4-9)6(7,8)10;/h5H,2-4,9-10H2,1H3;/q;+2. The fourth-order valence-electron chi connectivity index (χ4n) is 0.870. The minimum absolute atomic E-state index is 0. The molecule has 0 bridgehead atoms. The van der Waals surface area contributed by atoms with Crippen molar-refractivity contribution in [3.05, 3.63) is 0 Å². The van der Waals surface area contributed by atoms with Gasteiger partial charge in [-0.25, -0.2) is 0 Å². The largest absolute Gasteiger partial charge is 2.00 e. The predicted molar refractivity (Wildman–Crippen MR) is 62.4 cm³/mol. The number of nitrogens with two attached hydrogens (primary N) is 2. The smallest absolute Gasteiger partial charge is 0.330 e. The first-order valence-electron chi connectivity index (χ1n) is 3.39. The summed E-state index contributed by atoms with van der Waals surface area (Å²) in [7, 11) is 0. The molecule has 0 amide bonds. The van der Waals surface area contributed by atoms with E-state index in [9.17, 15) is 0 Å². The van der Waals surface area contributed by atoms with Crippen molar-refractivity contribution < 1.29 is 21.1 Å². The van der Waals surface area contributed by atoms with Crippen LogP contribution in [0.5, 0.6) is 0 Å². The third-order valence-electron chi connectivity index (χ3n) is 1.55. The van der Waals surface area contributed by atoms with Crippen LogP contribution in [0.4, 0.5) is 0 Å². The Kier molecular flexibility index (Phi) is 10.6. The van der Waals surface area contributed by atoms with Crippen LogP contribution in [0.2, 0.25) is 0 Å². The van der Waals surface area contributed by atoms with Crippen molar-refractivity contribution in [2.24, 2.45) is 17.4 Å². The van der Waals surface area contributed by atoms with E-state index >= 15 is 0 Å². The van der Waals surface area contributed by atoms with E-state index in [-0.39, 0.29) is 22.6 Å². The normalized spacial score (nSPS) is 13.9. The van der Waals surface area contributed by atoms with Crippen molar-refractivity contribution in [2.45, 2.75) is 21.3 Å². The van der Waals surface area contributed by atoms with Crippen LogP contribution >= 0.6 is 45.2 Å². The van der Waals surface area contributed by atoms with Gasteiger partial charge >= 0.3 is 21.1 Å². The van der Waals surface area contributed by atoms with E-state index in [4.69, 9.17) is 11.5 Å². The van der Waals surface area contributed by atoms with Crippen molar-refractivity contribution >= 4 is 45.2 Å². The molecule has 1 unspecified atom stereocenters. The molecule has 0 aromatic heterocycles. The summed E-state index contributed by atoms with van der Waals surface area (Å²) in [5, 5.41) is 0. The van der Waals surface area contributed by atoms with Gasteiger partial charge in [0.1, 0.15) is 1.55 Å². The van der Waals surface area contributed by atoms with Gasteiger partial charge in [0.25, 0.3) is 0 Å². The maximum absolute atomic E-state index is 5.89. The van der Waals surface area contributed by atoms with Crippen LogP contribution in [0.1, 0.15) is 19.8 Å². The zero-order valence-electron chi connectivity index (χ0n) is 6.43. The zero-order chi connectivity index (χ0) is 8.20. The minimum atomic E-state index is -0.121. The first kappa shape index (κ1) is 15.5. The summed E-state index contributed by atoms with van der Waals surface area (Å²) in [6.45, 7) is 2.89. The third kappa shape index (κ3) is 7.16. The fraction of sp³-hybridized carbons (Fsp3) is 1.00. The van der Waals surface area contributed by atoms with Crippen molar-refractivity contribution in [2.75, 3.05) is 6.54 Å². The molecule has 0 aliphatic heterocycles. The molecule has 4 N–H and O–H groups in total. The fourth-order valence-corrected chi connectivity index (χ4v) is 2.37. The number of halogens is 2. The van der Waals surface area contributed by atoms with Gasteiger partial charge in [-0.2, -0.15) is 0 Å². The molecule has 0 heterocycles. The Balaban J connectivity index is 0. The van der Waals surface area contributed by atoms with E-state index in [0.717, 1.165) is 19.4 Å². The van der Waals surface area contributed by atoms with Crippen molar-refractivity contribution in [3.8, 4) is 0 Å². The second kappa shape index (κ2) is 7.47. The van der Waals surface area contributed by atoms with Gasteiger partial charge in [-0.1, -0.05) is 6.92 Å². The molecular formula is C6H14I2N2Pt+2. The summed E-state index contributed by atoms with van der Waals surface area (Å²) in [6, 6.07) is 0. The third-order valence-corrected chi connectivity index (χ3v) is 3.31. The van der Waals surface area contributed by atoms with Crippen molar-refractivity contribution in [3.63, 3.8) is 0 Å². The molecule has 0 saturated carbocycles. The first-order chi connectivity index (χ1) is 4.52. The molecule has 0 aromatic carbocycles. The van der Waals surface area contributed by atoms with Crippen LogP contribution in [0.3, 0.4) is 0 Å². The molecule has 0 saturated heterocycles. The molecular weight excluding hydrogens is 549 g/mol. The van der Waals surface area contributed by atoms with Crippen LogP contribution < -0.4 is 11.5 Å². The van der Waals surface area contributed by atoms with Crippen LogP contribution in [-0.2, 0) is 21.1 Å². The molecule has 11 heavy (non-hydrogen) atoms. The van der Waals surface area contributed by atoms with E-state index in [0.29, 0.717) is 5.92 Å². The van der Waals surface area contributed by atoms with Crippen LogP contribution in [0, 0.1) is 5.92 Å². The maximum atomic E-state index is 5.89. The first-order valence-corrected chi connectivity index (χ1v) is 5.54. The summed E-state index contributed by atoms with van der Waals surface area (Å²) in [6.07, 6.45) is 2.14. The maximum Gasteiger partial charge on any atom is 2.00 e. The van der Waals surface area contributed by atoms with Crippen molar-refractivity contribution in [1.29, 1.82) is 0 Å². The Bertz CT molecular complexity index is 95.1. The Hall–Kier alpha value is 2.07. The van der Waals surface area contributed by atoms with Gasteiger partial charge in [-0.05, 0) is 70.5 Å². The SMILES string of the molecule is CCC(CCN)C(N)(I)I.[Pt+2]. The summed E-state index contributed by atoms with van der Waals surface area (Å²) >= 11 is 4.54. The topological polar surface area (TPSA) is 52.0 Å². The zero-order valence-corrected chi connectivity index (χ0v) is 13.0. The van der Waals surface area contributed by atoms with Crippen LogP contribution in [-0.4, -0.2) is 8.10 Å². The van der Waals surface area contributed by atoms with Crippen LogP contribution in [0.25, 0.3) is 0 Å². The van der Waals surface area contributed by atoms with Gasteiger partial charge in [0.15, 0.2) is 0 Å². The molecule has 2 nitrogen and oxygen atoms in total. The van der Waals surface area contributed by atoms with Crippen molar-refractivity contribution in [1.82, 2.24) is 0 Å². The number of rotatable bonds is 4. The van der Waals surface area contributed by atoms with Gasteiger partial charge < -0.3 is 11.5 Å². The van der Waals surface area contributed by atoms with E-state index in [2.05, 4.69) is 52.1 Å². The molecule has 0 rings (SSSR count). The van der Waals surface area contributed by atoms with E-state index in [1.165, 1.54) is 0 Å². The quantitative estimate of drug-likeness (QED) is 0.312. The molecule has 70 valence electrons. The minimum Gasteiger partial charge on any atom is -0.330 e. The molecule has 1 atom stereocenters. The van der Waals surface area contributed by atoms with Gasteiger partial charge in [-0.3, -0.25) is 0 Å².